The second-order valence-electron chi connectivity index (χ2n) is 3.89. The summed E-state index contributed by atoms with van der Waals surface area (Å²) in [6.07, 6.45) is -0.328. The molecule has 0 N–H and O–H groups in total. The van der Waals surface area contributed by atoms with Crippen LogP contribution in [0.25, 0.3) is 0 Å². The average molecular weight is 299 g/mol. The molecule has 6 heteroatoms. The first-order valence-electron chi connectivity index (χ1n) is 6.07. The van der Waals surface area contributed by atoms with Crippen LogP contribution in [-0.4, -0.2) is 35.9 Å². The van der Waals surface area contributed by atoms with Gasteiger partial charge in [0.25, 0.3) is 0 Å². The largest absolute Gasteiger partial charge is 0.449 e. The summed E-state index contributed by atoms with van der Waals surface area (Å²) in [6.45, 7) is 3.38. The van der Waals surface area contributed by atoms with Gasteiger partial charge in [-0.1, -0.05) is 41.6 Å². The molecule has 1 aromatic rings. The van der Waals surface area contributed by atoms with Crippen molar-refractivity contribution >= 4 is 34.6 Å². The van der Waals surface area contributed by atoms with Crippen LogP contribution in [0.5, 0.6) is 0 Å². The fourth-order valence-electron chi connectivity index (χ4n) is 1.68. The molecule has 1 aliphatic rings. The van der Waals surface area contributed by atoms with E-state index >= 15 is 0 Å². The summed E-state index contributed by atoms with van der Waals surface area (Å²) in [7, 11) is 0. The zero-order valence-corrected chi connectivity index (χ0v) is 12.2. The maximum atomic E-state index is 11.7. The molecular formula is C13H15ClN2O2S. The van der Waals surface area contributed by atoms with Gasteiger partial charge in [-0.25, -0.2) is 4.79 Å². The van der Waals surface area contributed by atoms with Crippen LogP contribution in [0.1, 0.15) is 12.5 Å². The summed E-state index contributed by atoms with van der Waals surface area (Å²) in [5.41, 5.74) is 1.03. The fourth-order valence-corrected chi connectivity index (χ4v) is 3.00. The molecule has 2 rings (SSSR count). The van der Waals surface area contributed by atoms with Crippen LogP contribution in [0.3, 0.4) is 0 Å². The number of amides is 1. The van der Waals surface area contributed by atoms with E-state index in [2.05, 4.69) is 4.99 Å². The normalized spacial score (nSPS) is 14.4. The monoisotopic (exact) mass is 298 g/mol. The lowest BCUT2D eigenvalue weighted by molar-refractivity contribution is 0.131. The van der Waals surface area contributed by atoms with Gasteiger partial charge in [0.2, 0.25) is 0 Å². The third kappa shape index (κ3) is 3.64. The molecule has 19 heavy (non-hydrogen) atoms. The lowest BCUT2D eigenvalue weighted by atomic mass is 10.2. The molecule has 0 unspecified atom stereocenters. The molecule has 0 saturated carbocycles. The Kier molecular flexibility index (Phi) is 5.10. The van der Waals surface area contributed by atoms with E-state index in [0.717, 1.165) is 10.6 Å². The lowest BCUT2D eigenvalue weighted by Gasteiger charge is -2.16. The summed E-state index contributed by atoms with van der Waals surface area (Å²) in [5.74, 6) is 0.689. The number of halogens is 1. The van der Waals surface area contributed by atoms with E-state index in [-0.39, 0.29) is 6.09 Å². The van der Waals surface area contributed by atoms with E-state index in [1.165, 1.54) is 11.8 Å². The number of carbonyl (C=O) groups is 1. The number of nitrogens with zero attached hydrogens (tertiary/aromatic N) is 2. The van der Waals surface area contributed by atoms with Crippen LogP contribution < -0.4 is 0 Å². The SMILES string of the molecule is CCOC(=O)N1CCN=C1SCc1ccccc1Cl. The Morgan fingerprint density at radius 3 is 3.05 bits per heavy atom. The molecule has 0 aliphatic carbocycles. The minimum Gasteiger partial charge on any atom is -0.449 e. The van der Waals surface area contributed by atoms with Gasteiger partial charge >= 0.3 is 6.09 Å². The molecule has 1 amide bonds. The number of hydrogen-bond acceptors (Lipinski definition) is 4. The molecule has 0 atom stereocenters. The van der Waals surface area contributed by atoms with Crippen molar-refractivity contribution in [2.75, 3.05) is 19.7 Å². The number of thioether (sulfide) groups is 1. The van der Waals surface area contributed by atoms with Gasteiger partial charge in [-0.05, 0) is 18.6 Å². The minimum atomic E-state index is -0.328. The Labute approximate surface area is 121 Å². The highest BCUT2D eigenvalue weighted by Gasteiger charge is 2.25. The van der Waals surface area contributed by atoms with Crippen molar-refractivity contribution in [1.29, 1.82) is 0 Å². The summed E-state index contributed by atoms with van der Waals surface area (Å²) in [6, 6.07) is 7.67. The maximum Gasteiger partial charge on any atom is 0.415 e. The zero-order chi connectivity index (χ0) is 13.7. The Bertz CT molecular complexity index is 493. The van der Waals surface area contributed by atoms with Gasteiger partial charge < -0.3 is 4.74 Å². The first-order chi connectivity index (χ1) is 9.22. The Morgan fingerprint density at radius 1 is 1.53 bits per heavy atom. The molecule has 0 fully saturated rings. The molecule has 0 spiro atoms. The van der Waals surface area contributed by atoms with E-state index in [4.69, 9.17) is 16.3 Å². The van der Waals surface area contributed by atoms with E-state index in [1.807, 2.05) is 24.3 Å². The van der Waals surface area contributed by atoms with Gasteiger partial charge in [-0.2, -0.15) is 0 Å². The van der Waals surface area contributed by atoms with Crippen LogP contribution in [0.4, 0.5) is 4.79 Å². The number of ether oxygens (including phenoxy) is 1. The number of benzene rings is 1. The van der Waals surface area contributed by atoms with Crippen molar-refractivity contribution in [3.63, 3.8) is 0 Å². The van der Waals surface area contributed by atoms with Crippen molar-refractivity contribution in [2.45, 2.75) is 12.7 Å². The third-order valence-corrected chi connectivity index (χ3v) is 4.04. The molecule has 1 aliphatic heterocycles. The van der Waals surface area contributed by atoms with Crippen molar-refractivity contribution in [1.82, 2.24) is 4.90 Å². The highest BCUT2D eigenvalue weighted by Crippen LogP contribution is 2.24. The van der Waals surface area contributed by atoms with E-state index in [0.29, 0.717) is 30.6 Å². The third-order valence-electron chi connectivity index (χ3n) is 2.60. The maximum absolute atomic E-state index is 11.7. The summed E-state index contributed by atoms with van der Waals surface area (Å²) in [5, 5.41) is 1.44. The predicted octanol–water partition coefficient (Wildman–Crippen LogP) is 3.40. The van der Waals surface area contributed by atoms with Crippen molar-refractivity contribution in [2.24, 2.45) is 4.99 Å². The van der Waals surface area contributed by atoms with E-state index < -0.39 is 0 Å². The average Bonchev–Trinajstić information content (AvgIpc) is 2.86. The smallest absolute Gasteiger partial charge is 0.415 e. The van der Waals surface area contributed by atoms with Crippen molar-refractivity contribution in [3.05, 3.63) is 34.9 Å². The second-order valence-corrected chi connectivity index (χ2v) is 5.24. The van der Waals surface area contributed by atoms with Gasteiger partial charge in [-0.15, -0.1) is 0 Å². The van der Waals surface area contributed by atoms with Crippen LogP contribution in [0.2, 0.25) is 5.02 Å². The van der Waals surface area contributed by atoms with Gasteiger partial charge in [0.05, 0.1) is 19.7 Å². The summed E-state index contributed by atoms with van der Waals surface area (Å²) in [4.78, 5) is 17.6. The number of hydrogen-bond donors (Lipinski definition) is 0. The van der Waals surface area contributed by atoms with Gasteiger partial charge in [0.15, 0.2) is 5.17 Å². The zero-order valence-electron chi connectivity index (χ0n) is 10.6. The number of rotatable bonds is 3. The van der Waals surface area contributed by atoms with Gasteiger partial charge in [-0.3, -0.25) is 9.89 Å². The van der Waals surface area contributed by atoms with Crippen molar-refractivity contribution < 1.29 is 9.53 Å². The van der Waals surface area contributed by atoms with E-state index in [1.54, 1.807) is 11.8 Å². The van der Waals surface area contributed by atoms with Crippen LogP contribution in [-0.2, 0) is 10.5 Å². The first-order valence-corrected chi connectivity index (χ1v) is 7.43. The fraction of sp³-hybridized carbons (Fsp3) is 0.385. The molecule has 102 valence electrons. The topological polar surface area (TPSA) is 41.9 Å². The standard InChI is InChI=1S/C13H15ClN2O2S/c1-2-18-13(17)16-8-7-15-12(16)19-9-10-5-3-4-6-11(10)14/h3-6H,2,7-9H2,1H3. The Morgan fingerprint density at radius 2 is 2.32 bits per heavy atom. The Hall–Kier alpha value is -1.20. The molecule has 4 nitrogen and oxygen atoms in total. The van der Waals surface area contributed by atoms with Crippen molar-refractivity contribution in [3.8, 4) is 0 Å². The molecule has 0 aromatic heterocycles. The molecular weight excluding hydrogens is 284 g/mol. The molecule has 0 radical (unpaired) electrons. The summed E-state index contributed by atoms with van der Waals surface area (Å²) >= 11 is 7.60. The van der Waals surface area contributed by atoms with E-state index in [9.17, 15) is 4.79 Å². The number of aliphatic imine (C=N–C) groups is 1. The predicted molar refractivity (Wildman–Crippen MR) is 78.8 cm³/mol. The molecule has 1 heterocycles. The highest BCUT2D eigenvalue weighted by atomic mass is 35.5. The minimum absolute atomic E-state index is 0.328. The number of amidine groups is 1. The van der Waals surface area contributed by atoms with Gasteiger partial charge in [0, 0.05) is 10.8 Å². The summed E-state index contributed by atoms with van der Waals surface area (Å²) < 4.78 is 5.00. The molecule has 1 aromatic carbocycles. The first kappa shape index (κ1) is 14.2. The second kappa shape index (κ2) is 6.82. The van der Waals surface area contributed by atoms with Crippen LogP contribution in [0, 0.1) is 0 Å². The number of carbonyl (C=O) groups excluding carboxylic acids is 1. The van der Waals surface area contributed by atoms with Crippen LogP contribution in [0.15, 0.2) is 29.3 Å². The van der Waals surface area contributed by atoms with Crippen LogP contribution >= 0.6 is 23.4 Å². The lowest BCUT2D eigenvalue weighted by Crippen LogP contribution is -2.33. The molecule has 0 saturated heterocycles. The van der Waals surface area contributed by atoms with Gasteiger partial charge in [0.1, 0.15) is 0 Å². The molecule has 0 bridgehead atoms. The quantitative estimate of drug-likeness (QED) is 0.859. The Balaban J connectivity index is 1.95. The highest BCUT2D eigenvalue weighted by molar-refractivity contribution is 8.13.